The van der Waals surface area contributed by atoms with Crippen LogP contribution in [0.2, 0.25) is 0 Å². The minimum Gasteiger partial charge on any atom is -0.343 e. The predicted octanol–water partition coefficient (Wildman–Crippen LogP) is 2.18. The lowest BCUT2D eigenvalue weighted by molar-refractivity contribution is -0.151. The maximum atomic E-state index is 12.5. The highest BCUT2D eigenvalue weighted by Gasteiger charge is 2.41. The van der Waals surface area contributed by atoms with Gasteiger partial charge < -0.3 is 10.2 Å². The molecule has 20 heavy (non-hydrogen) atoms. The fraction of sp³-hybridized carbons (Fsp3) is 0.875. The molecule has 1 aliphatic carbocycles. The fourth-order valence-electron chi connectivity index (χ4n) is 3.76. The normalized spacial score (nSPS) is 35.4. The van der Waals surface area contributed by atoms with Gasteiger partial charge in [0, 0.05) is 6.54 Å². The summed E-state index contributed by atoms with van der Waals surface area (Å²) in [6.45, 7) is 8.87. The molecule has 2 aliphatic rings. The third-order valence-corrected chi connectivity index (χ3v) is 4.75. The van der Waals surface area contributed by atoms with Crippen molar-refractivity contribution in [2.45, 2.75) is 65.5 Å². The van der Waals surface area contributed by atoms with Crippen molar-refractivity contribution in [1.29, 1.82) is 0 Å². The van der Waals surface area contributed by atoms with E-state index in [9.17, 15) is 9.59 Å². The quantitative estimate of drug-likeness (QED) is 0.861. The van der Waals surface area contributed by atoms with Crippen LogP contribution in [0.3, 0.4) is 0 Å². The Morgan fingerprint density at radius 3 is 2.55 bits per heavy atom. The zero-order valence-electron chi connectivity index (χ0n) is 13.2. The van der Waals surface area contributed by atoms with E-state index in [1.165, 1.54) is 25.7 Å². The molecule has 1 saturated carbocycles. The van der Waals surface area contributed by atoms with E-state index in [1.807, 2.05) is 18.7 Å². The Balaban J connectivity index is 2.11. The van der Waals surface area contributed by atoms with Gasteiger partial charge in [0.15, 0.2) is 0 Å². The van der Waals surface area contributed by atoms with Gasteiger partial charge in [-0.05, 0) is 37.5 Å². The summed E-state index contributed by atoms with van der Waals surface area (Å²) in [7, 11) is 0. The van der Waals surface area contributed by atoms with Gasteiger partial charge in [0.05, 0.1) is 0 Å². The molecule has 0 spiro atoms. The van der Waals surface area contributed by atoms with Gasteiger partial charge in [0.25, 0.3) is 0 Å². The molecule has 0 aromatic carbocycles. The van der Waals surface area contributed by atoms with Crippen LogP contribution in [0.4, 0.5) is 0 Å². The lowest BCUT2D eigenvalue weighted by atomic mass is 9.81. The minimum absolute atomic E-state index is 0.0101. The molecular formula is C16H28N2O2. The number of amides is 2. The van der Waals surface area contributed by atoms with Gasteiger partial charge in [-0.25, -0.2) is 0 Å². The first-order valence-corrected chi connectivity index (χ1v) is 8.01. The molecule has 1 aliphatic heterocycles. The Kier molecular flexibility index (Phi) is 4.71. The summed E-state index contributed by atoms with van der Waals surface area (Å²) in [5, 5.41) is 2.81. The standard InChI is InChI=1S/C16H28N2O2/c1-10(2)14-15(19)17-12(4)16(20)18(14)9-13-7-5-6-11(3)8-13/h10-14H,5-9H2,1-4H3,(H,17,19). The average Bonchev–Trinajstić information content (AvgIpc) is 2.35. The molecule has 0 aromatic heterocycles. The van der Waals surface area contributed by atoms with E-state index in [0.29, 0.717) is 5.92 Å². The van der Waals surface area contributed by atoms with E-state index in [2.05, 4.69) is 12.2 Å². The van der Waals surface area contributed by atoms with E-state index in [-0.39, 0.29) is 29.8 Å². The maximum Gasteiger partial charge on any atom is 0.245 e. The van der Waals surface area contributed by atoms with Crippen LogP contribution >= 0.6 is 0 Å². The molecule has 0 bridgehead atoms. The summed E-state index contributed by atoms with van der Waals surface area (Å²) in [6, 6.07) is -0.672. The maximum absolute atomic E-state index is 12.5. The number of carbonyl (C=O) groups excluding carboxylic acids is 2. The second-order valence-corrected chi connectivity index (χ2v) is 7.05. The number of piperazine rings is 1. The zero-order valence-corrected chi connectivity index (χ0v) is 13.2. The van der Waals surface area contributed by atoms with Crippen molar-refractivity contribution in [1.82, 2.24) is 10.2 Å². The molecule has 4 nitrogen and oxygen atoms in total. The number of hydrogen-bond donors (Lipinski definition) is 1. The highest BCUT2D eigenvalue weighted by molar-refractivity contribution is 5.96. The molecule has 2 rings (SSSR count). The molecule has 4 atom stereocenters. The van der Waals surface area contributed by atoms with Gasteiger partial charge in [-0.1, -0.05) is 33.6 Å². The van der Waals surface area contributed by atoms with Crippen LogP contribution in [0, 0.1) is 17.8 Å². The Labute approximate surface area is 122 Å². The Morgan fingerprint density at radius 2 is 1.95 bits per heavy atom. The van der Waals surface area contributed by atoms with Gasteiger partial charge in [-0.15, -0.1) is 0 Å². The van der Waals surface area contributed by atoms with Gasteiger partial charge in [0.2, 0.25) is 11.8 Å². The van der Waals surface area contributed by atoms with E-state index in [4.69, 9.17) is 0 Å². The summed E-state index contributed by atoms with van der Waals surface area (Å²) >= 11 is 0. The molecular weight excluding hydrogens is 252 g/mol. The lowest BCUT2D eigenvalue weighted by Gasteiger charge is -2.42. The minimum atomic E-state index is -0.376. The molecule has 2 fully saturated rings. The first kappa shape index (κ1) is 15.3. The number of rotatable bonds is 3. The van der Waals surface area contributed by atoms with E-state index in [0.717, 1.165) is 12.5 Å². The van der Waals surface area contributed by atoms with Crippen LogP contribution < -0.4 is 5.32 Å². The summed E-state index contributed by atoms with van der Waals surface area (Å²) in [6.07, 6.45) is 4.93. The lowest BCUT2D eigenvalue weighted by Crippen LogP contribution is -2.64. The molecule has 0 aromatic rings. The van der Waals surface area contributed by atoms with E-state index < -0.39 is 0 Å². The molecule has 1 heterocycles. The smallest absolute Gasteiger partial charge is 0.245 e. The molecule has 2 amide bonds. The topological polar surface area (TPSA) is 49.4 Å². The van der Waals surface area contributed by atoms with Gasteiger partial charge >= 0.3 is 0 Å². The average molecular weight is 280 g/mol. The van der Waals surface area contributed by atoms with Crippen molar-refractivity contribution in [3.63, 3.8) is 0 Å². The molecule has 4 unspecified atom stereocenters. The molecule has 1 saturated heterocycles. The third-order valence-electron chi connectivity index (χ3n) is 4.75. The first-order valence-electron chi connectivity index (χ1n) is 8.01. The van der Waals surface area contributed by atoms with Crippen molar-refractivity contribution >= 4 is 11.8 Å². The summed E-state index contributed by atoms with van der Waals surface area (Å²) < 4.78 is 0. The highest BCUT2D eigenvalue weighted by Crippen LogP contribution is 2.30. The number of hydrogen-bond acceptors (Lipinski definition) is 2. The van der Waals surface area contributed by atoms with Crippen molar-refractivity contribution in [2.75, 3.05) is 6.54 Å². The number of nitrogens with one attached hydrogen (secondary N) is 1. The van der Waals surface area contributed by atoms with Crippen LogP contribution in [0.5, 0.6) is 0 Å². The highest BCUT2D eigenvalue weighted by atomic mass is 16.2. The molecule has 114 valence electrons. The molecule has 0 radical (unpaired) electrons. The summed E-state index contributed by atoms with van der Waals surface area (Å²) in [4.78, 5) is 26.5. The monoisotopic (exact) mass is 280 g/mol. The van der Waals surface area contributed by atoms with Crippen LogP contribution in [-0.2, 0) is 9.59 Å². The Hall–Kier alpha value is -1.06. The van der Waals surface area contributed by atoms with Gasteiger partial charge in [0.1, 0.15) is 12.1 Å². The van der Waals surface area contributed by atoms with E-state index in [1.54, 1.807) is 6.92 Å². The fourth-order valence-corrected chi connectivity index (χ4v) is 3.76. The van der Waals surface area contributed by atoms with Crippen LogP contribution in [0.1, 0.15) is 53.4 Å². The SMILES string of the molecule is CC1CCCC(CN2C(=O)C(C)NC(=O)C2C(C)C)C1. The van der Waals surface area contributed by atoms with Crippen LogP contribution in [-0.4, -0.2) is 35.3 Å². The summed E-state index contributed by atoms with van der Waals surface area (Å²) in [5.74, 6) is 1.56. The molecule has 4 heteroatoms. The van der Waals surface area contributed by atoms with Crippen molar-refractivity contribution in [3.8, 4) is 0 Å². The third kappa shape index (κ3) is 3.15. The van der Waals surface area contributed by atoms with Crippen LogP contribution in [0.25, 0.3) is 0 Å². The summed E-state index contributed by atoms with van der Waals surface area (Å²) in [5.41, 5.74) is 0. The van der Waals surface area contributed by atoms with Crippen LogP contribution in [0.15, 0.2) is 0 Å². The largest absolute Gasteiger partial charge is 0.343 e. The van der Waals surface area contributed by atoms with Gasteiger partial charge in [-0.3, -0.25) is 9.59 Å². The second kappa shape index (κ2) is 6.15. The van der Waals surface area contributed by atoms with E-state index >= 15 is 0 Å². The number of nitrogens with zero attached hydrogens (tertiary/aromatic N) is 1. The Bertz CT molecular complexity index is 381. The van der Waals surface area contributed by atoms with Gasteiger partial charge in [-0.2, -0.15) is 0 Å². The molecule has 1 N–H and O–H groups in total. The van der Waals surface area contributed by atoms with Crippen molar-refractivity contribution < 1.29 is 9.59 Å². The zero-order chi connectivity index (χ0) is 14.9. The Morgan fingerprint density at radius 1 is 1.25 bits per heavy atom. The van der Waals surface area contributed by atoms with Crippen molar-refractivity contribution in [2.24, 2.45) is 17.8 Å². The number of carbonyl (C=O) groups is 2. The first-order chi connectivity index (χ1) is 9.40. The predicted molar refractivity (Wildman–Crippen MR) is 79.1 cm³/mol. The van der Waals surface area contributed by atoms with Crippen molar-refractivity contribution in [3.05, 3.63) is 0 Å². The second-order valence-electron chi connectivity index (χ2n) is 7.05.